The number of rotatable bonds is 8. The van der Waals surface area contributed by atoms with E-state index in [1.807, 2.05) is 31.5 Å². The molecule has 176 valence electrons. The van der Waals surface area contributed by atoms with Crippen molar-refractivity contribution in [3.05, 3.63) is 68.7 Å². The van der Waals surface area contributed by atoms with Gasteiger partial charge >= 0.3 is 0 Å². The van der Waals surface area contributed by atoms with Gasteiger partial charge in [-0.2, -0.15) is 0 Å². The van der Waals surface area contributed by atoms with Gasteiger partial charge in [-0.05, 0) is 37.3 Å². The van der Waals surface area contributed by atoms with Crippen molar-refractivity contribution in [3.63, 3.8) is 0 Å². The number of hydrogen-bond acceptors (Lipinski definition) is 7. The molecule has 1 unspecified atom stereocenters. The van der Waals surface area contributed by atoms with Gasteiger partial charge in [-0.3, -0.25) is 4.79 Å². The van der Waals surface area contributed by atoms with Crippen LogP contribution in [0.4, 0.5) is 5.13 Å². The lowest BCUT2D eigenvalue weighted by atomic mass is 10.2. The van der Waals surface area contributed by atoms with Crippen molar-refractivity contribution in [2.45, 2.75) is 18.2 Å². The van der Waals surface area contributed by atoms with Gasteiger partial charge in [0.25, 0.3) is 0 Å². The number of carbonyl (C=O) groups is 1. The van der Waals surface area contributed by atoms with Crippen molar-refractivity contribution in [2.75, 3.05) is 11.1 Å². The molecule has 1 amide bonds. The molecule has 2 aromatic heterocycles. The standard InChI is InChI=1S/C22H18Cl3N5O2S2/c1-12(32-18-6-4-3-5-15(18)24)20-28-29-22(30(20)2)34-11-19(31)27-21-26-17(10-33-21)14-8-7-13(23)9-16(14)25/h3-10,12H,11H2,1-2H3,(H,26,27,31). The van der Waals surface area contributed by atoms with E-state index in [2.05, 4.69) is 20.5 Å². The summed E-state index contributed by atoms with van der Waals surface area (Å²) < 4.78 is 7.71. The van der Waals surface area contributed by atoms with Crippen LogP contribution in [-0.2, 0) is 11.8 Å². The van der Waals surface area contributed by atoms with Gasteiger partial charge in [0, 0.05) is 23.0 Å². The molecule has 4 aromatic rings. The Morgan fingerprint density at radius 2 is 1.97 bits per heavy atom. The number of para-hydroxylation sites is 1. The fourth-order valence-electron chi connectivity index (χ4n) is 3.03. The lowest BCUT2D eigenvalue weighted by Gasteiger charge is -2.15. The molecule has 1 N–H and O–H groups in total. The first-order valence-corrected chi connectivity index (χ1v) is 13.0. The molecule has 0 bridgehead atoms. The molecule has 2 aromatic carbocycles. The zero-order chi connectivity index (χ0) is 24.2. The predicted molar refractivity (Wildman–Crippen MR) is 138 cm³/mol. The number of nitrogens with zero attached hydrogens (tertiary/aromatic N) is 4. The van der Waals surface area contributed by atoms with Crippen molar-refractivity contribution < 1.29 is 9.53 Å². The van der Waals surface area contributed by atoms with E-state index in [0.29, 0.717) is 42.6 Å². The number of aromatic nitrogens is 4. The van der Waals surface area contributed by atoms with Crippen LogP contribution in [-0.4, -0.2) is 31.4 Å². The van der Waals surface area contributed by atoms with Crippen molar-refractivity contribution in [1.82, 2.24) is 19.7 Å². The number of benzene rings is 2. The molecule has 0 radical (unpaired) electrons. The SMILES string of the molecule is CC(Oc1ccccc1Cl)c1nnc(SCC(=O)Nc2nc(-c3ccc(Cl)cc3Cl)cs2)n1C. The Morgan fingerprint density at radius 3 is 2.74 bits per heavy atom. The number of halogens is 3. The minimum absolute atomic E-state index is 0.141. The number of amides is 1. The van der Waals surface area contributed by atoms with Crippen molar-refractivity contribution in [1.29, 1.82) is 0 Å². The molecular formula is C22H18Cl3N5O2S2. The molecule has 0 fully saturated rings. The van der Waals surface area contributed by atoms with E-state index in [-0.39, 0.29) is 17.8 Å². The third-order valence-electron chi connectivity index (χ3n) is 4.66. The molecule has 0 aliphatic carbocycles. The molecule has 0 saturated carbocycles. The molecular weight excluding hydrogens is 537 g/mol. The molecule has 34 heavy (non-hydrogen) atoms. The summed E-state index contributed by atoms with van der Waals surface area (Å²) in [6.45, 7) is 1.86. The molecule has 0 saturated heterocycles. The summed E-state index contributed by atoms with van der Waals surface area (Å²) in [6.07, 6.45) is -0.381. The minimum Gasteiger partial charge on any atom is -0.481 e. The Morgan fingerprint density at radius 1 is 1.18 bits per heavy atom. The van der Waals surface area contributed by atoms with Gasteiger partial charge in [0.15, 0.2) is 22.2 Å². The lowest BCUT2D eigenvalue weighted by Crippen LogP contribution is -2.14. The number of thioether (sulfide) groups is 1. The van der Waals surface area contributed by atoms with Crippen LogP contribution in [0.25, 0.3) is 11.3 Å². The van der Waals surface area contributed by atoms with Crippen LogP contribution in [0.2, 0.25) is 15.1 Å². The fourth-order valence-corrected chi connectivity index (χ4v) is 5.16. The van der Waals surface area contributed by atoms with Crippen LogP contribution >= 0.6 is 57.9 Å². The Kier molecular flexibility index (Phi) is 8.00. The van der Waals surface area contributed by atoms with Gasteiger partial charge in [-0.25, -0.2) is 4.98 Å². The highest BCUT2D eigenvalue weighted by Crippen LogP contribution is 2.33. The van der Waals surface area contributed by atoms with Crippen LogP contribution in [0.3, 0.4) is 0 Å². The summed E-state index contributed by atoms with van der Waals surface area (Å²) >= 11 is 21.0. The van der Waals surface area contributed by atoms with Crippen LogP contribution in [0.5, 0.6) is 5.75 Å². The predicted octanol–water partition coefficient (Wildman–Crippen LogP) is 6.77. The Labute approximate surface area is 219 Å². The van der Waals surface area contributed by atoms with Crippen LogP contribution in [0.1, 0.15) is 18.9 Å². The highest BCUT2D eigenvalue weighted by Gasteiger charge is 2.19. The molecule has 1 atom stereocenters. The van der Waals surface area contributed by atoms with E-state index in [1.165, 1.54) is 23.1 Å². The molecule has 0 aliphatic rings. The van der Waals surface area contributed by atoms with E-state index in [0.717, 1.165) is 5.56 Å². The number of anilines is 1. The molecule has 12 heteroatoms. The van der Waals surface area contributed by atoms with Gasteiger partial charge in [-0.1, -0.05) is 58.7 Å². The molecule has 7 nitrogen and oxygen atoms in total. The smallest absolute Gasteiger partial charge is 0.236 e. The van der Waals surface area contributed by atoms with Crippen LogP contribution in [0, 0.1) is 0 Å². The topological polar surface area (TPSA) is 81.9 Å². The van der Waals surface area contributed by atoms with Crippen LogP contribution < -0.4 is 10.1 Å². The third-order valence-corrected chi connectivity index (χ3v) is 7.30. The average molecular weight is 555 g/mol. The average Bonchev–Trinajstić information content (AvgIpc) is 3.40. The first-order chi connectivity index (χ1) is 16.3. The second-order valence-corrected chi connectivity index (χ2v) is 10.1. The summed E-state index contributed by atoms with van der Waals surface area (Å²) in [5.74, 6) is 1.11. The largest absolute Gasteiger partial charge is 0.481 e. The number of thiazole rings is 1. The fraction of sp³-hybridized carbons (Fsp3) is 0.182. The van der Waals surface area contributed by atoms with Gasteiger partial charge < -0.3 is 14.6 Å². The second-order valence-electron chi connectivity index (χ2n) is 7.09. The Bertz CT molecular complexity index is 1330. The Balaban J connectivity index is 1.34. The van der Waals surface area contributed by atoms with Gasteiger partial charge in [0.05, 0.1) is 21.5 Å². The maximum atomic E-state index is 12.5. The molecule has 2 heterocycles. The van der Waals surface area contributed by atoms with Crippen molar-refractivity contribution >= 4 is 68.9 Å². The molecule has 4 rings (SSSR count). The lowest BCUT2D eigenvalue weighted by molar-refractivity contribution is -0.113. The second kappa shape index (κ2) is 11.0. The number of hydrogen-bond donors (Lipinski definition) is 1. The Hall–Kier alpha value is -2.30. The van der Waals surface area contributed by atoms with E-state index >= 15 is 0 Å². The summed E-state index contributed by atoms with van der Waals surface area (Å²) in [4.78, 5) is 16.9. The highest BCUT2D eigenvalue weighted by molar-refractivity contribution is 7.99. The van der Waals surface area contributed by atoms with E-state index < -0.39 is 0 Å². The first kappa shape index (κ1) is 24.8. The normalized spacial score (nSPS) is 11.9. The number of nitrogens with one attached hydrogen (secondary N) is 1. The van der Waals surface area contributed by atoms with Gasteiger partial charge in [0.2, 0.25) is 5.91 Å². The summed E-state index contributed by atoms with van der Waals surface area (Å²) in [5.41, 5.74) is 1.41. The summed E-state index contributed by atoms with van der Waals surface area (Å²) in [7, 11) is 1.82. The monoisotopic (exact) mass is 553 g/mol. The zero-order valence-corrected chi connectivity index (χ0v) is 21.9. The maximum Gasteiger partial charge on any atom is 0.236 e. The van der Waals surface area contributed by atoms with E-state index in [4.69, 9.17) is 39.5 Å². The minimum atomic E-state index is -0.381. The number of ether oxygens (including phenoxy) is 1. The van der Waals surface area contributed by atoms with Crippen molar-refractivity contribution in [3.8, 4) is 17.0 Å². The first-order valence-electron chi connectivity index (χ1n) is 9.96. The van der Waals surface area contributed by atoms with E-state index in [1.54, 1.807) is 34.9 Å². The van der Waals surface area contributed by atoms with Crippen molar-refractivity contribution in [2.24, 2.45) is 7.05 Å². The highest BCUT2D eigenvalue weighted by atomic mass is 35.5. The zero-order valence-electron chi connectivity index (χ0n) is 18.0. The molecule has 0 aliphatic heterocycles. The molecule has 0 spiro atoms. The van der Waals surface area contributed by atoms with E-state index in [9.17, 15) is 4.79 Å². The number of carbonyl (C=O) groups excluding carboxylic acids is 1. The quantitative estimate of drug-likeness (QED) is 0.242. The van der Waals surface area contributed by atoms with Gasteiger partial charge in [-0.15, -0.1) is 21.5 Å². The summed E-state index contributed by atoms with van der Waals surface area (Å²) in [5, 5.41) is 15.7. The maximum absolute atomic E-state index is 12.5. The van der Waals surface area contributed by atoms with Crippen LogP contribution in [0.15, 0.2) is 53.0 Å². The van der Waals surface area contributed by atoms with Gasteiger partial charge in [0.1, 0.15) is 5.75 Å². The third kappa shape index (κ3) is 5.84. The summed E-state index contributed by atoms with van der Waals surface area (Å²) in [6, 6.07) is 12.4.